The summed E-state index contributed by atoms with van der Waals surface area (Å²) in [6, 6.07) is 17.6. The Hall–Kier alpha value is -2.92. The average Bonchev–Trinajstić information content (AvgIpc) is 2.64. The van der Waals surface area contributed by atoms with Crippen molar-refractivity contribution in [2.75, 3.05) is 20.6 Å². The van der Waals surface area contributed by atoms with Crippen LogP contribution < -0.4 is 15.5 Å². The van der Waals surface area contributed by atoms with Gasteiger partial charge in [-0.05, 0) is 17.2 Å². The Morgan fingerprint density at radius 1 is 0.923 bits per heavy atom. The van der Waals surface area contributed by atoms with Crippen LogP contribution in [0.2, 0.25) is 0 Å². The van der Waals surface area contributed by atoms with Gasteiger partial charge in [-0.2, -0.15) is 0 Å². The molecule has 0 aliphatic rings. The molecule has 0 atom stereocenters. The lowest BCUT2D eigenvalue weighted by atomic mass is 10.1. The number of amides is 2. The highest BCUT2D eigenvalue weighted by atomic mass is 16.2. The zero-order valence-corrected chi connectivity index (χ0v) is 15.3. The van der Waals surface area contributed by atoms with E-state index < -0.39 is 0 Å². The van der Waals surface area contributed by atoms with Crippen molar-refractivity contribution in [1.82, 2.24) is 10.6 Å². The number of quaternary nitrogens is 1. The van der Waals surface area contributed by atoms with Gasteiger partial charge in [0.2, 0.25) is 11.8 Å². The highest BCUT2D eigenvalue weighted by molar-refractivity contribution is 5.94. The Labute approximate surface area is 154 Å². The number of hydrogen-bond acceptors (Lipinski definition) is 2. The summed E-state index contributed by atoms with van der Waals surface area (Å²) in [7, 11) is 4.18. The Kier molecular flexibility index (Phi) is 7.58. The normalized spacial score (nSPS) is 10.9. The van der Waals surface area contributed by atoms with E-state index in [1.165, 1.54) is 16.5 Å². The number of carbonyl (C=O) groups excluding carboxylic acids is 2. The highest BCUT2D eigenvalue weighted by Crippen LogP contribution is 2.07. The van der Waals surface area contributed by atoms with Gasteiger partial charge in [-0.15, -0.1) is 0 Å². The van der Waals surface area contributed by atoms with Gasteiger partial charge in [0.1, 0.15) is 6.54 Å². The van der Waals surface area contributed by atoms with Gasteiger partial charge in [0.05, 0.1) is 20.6 Å². The number of benzene rings is 2. The molecule has 0 aliphatic heterocycles. The summed E-state index contributed by atoms with van der Waals surface area (Å²) < 4.78 is 0. The summed E-state index contributed by atoms with van der Waals surface area (Å²) >= 11 is 0. The predicted molar refractivity (Wildman–Crippen MR) is 103 cm³/mol. The lowest BCUT2D eigenvalue weighted by Crippen LogP contribution is -3.04. The lowest BCUT2D eigenvalue weighted by molar-refractivity contribution is -0.872. The fourth-order valence-electron chi connectivity index (χ4n) is 2.50. The summed E-state index contributed by atoms with van der Waals surface area (Å²) in [4.78, 5) is 25.1. The molecule has 5 nitrogen and oxygen atoms in total. The molecular formula is C21H26N3O2+. The number of carbonyl (C=O) groups is 2. The van der Waals surface area contributed by atoms with Crippen LogP contribution in [0.4, 0.5) is 0 Å². The molecule has 3 N–H and O–H groups in total. The monoisotopic (exact) mass is 352 g/mol. The van der Waals surface area contributed by atoms with E-state index in [0.29, 0.717) is 6.54 Å². The van der Waals surface area contributed by atoms with Crippen molar-refractivity contribution in [3.8, 4) is 0 Å². The van der Waals surface area contributed by atoms with Gasteiger partial charge in [0.15, 0.2) is 0 Å². The predicted octanol–water partition coefficient (Wildman–Crippen LogP) is 0.777. The van der Waals surface area contributed by atoms with Gasteiger partial charge >= 0.3 is 0 Å². The molecule has 0 spiro atoms. The molecule has 136 valence electrons. The standard InChI is InChI=1S/C21H25N3O2/c1-24(2)16-19-11-7-6-10-18(19)14-22-21(26)15-23-20(25)13-12-17-8-4-3-5-9-17/h3-13H,14-16H2,1-2H3,(H,22,26)(H,23,25)/p+1/b13-12+. The first kappa shape index (κ1) is 19.4. The van der Waals surface area contributed by atoms with E-state index in [2.05, 4.69) is 30.8 Å². The van der Waals surface area contributed by atoms with E-state index >= 15 is 0 Å². The van der Waals surface area contributed by atoms with E-state index in [9.17, 15) is 9.59 Å². The lowest BCUT2D eigenvalue weighted by Gasteiger charge is -2.13. The van der Waals surface area contributed by atoms with E-state index in [-0.39, 0.29) is 18.4 Å². The first-order valence-electron chi connectivity index (χ1n) is 8.68. The van der Waals surface area contributed by atoms with E-state index in [1.807, 2.05) is 48.5 Å². The van der Waals surface area contributed by atoms with Crippen molar-refractivity contribution in [1.29, 1.82) is 0 Å². The summed E-state index contributed by atoms with van der Waals surface area (Å²) in [6.07, 6.45) is 3.14. The Morgan fingerprint density at radius 2 is 1.58 bits per heavy atom. The van der Waals surface area contributed by atoms with Crippen LogP contribution in [-0.4, -0.2) is 32.5 Å². The van der Waals surface area contributed by atoms with Crippen molar-refractivity contribution in [2.24, 2.45) is 0 Å². The van der Waals surface area contributed by atoms with Gasteiger partial charge in [-0.3, -0.25) is 9.59 Å². The van der Waals surface area contributed by atoms with Crippen molar-refractivity contribution in [3.63, 3.8) is 0 Å². The van der Waals surface area contributed by atoms with Crippen LogP contribution in [0.5, 0.6) is 0 Å². The molecule has 0 unspecified atom stereocenters. The second kappa shape index (κ2) is 10.2. The Bertz CT molecular complexity index is 755. The minimum atomic E-state index is -0.291. The summed E-state index contributed by atoms with van der Waals surface area (Å²) in [5.41, 5.74) is 3.24. The topological polar surface area (TPSA) is 62.6 Å². The van der Waals surface area contributed by atoms with Crippen LogP contribution in [0.3, 0.4) is 0 Å². The maximum Gasteiger partial charge on any atom is 0.244 e. The fraction of sp³-hybridized carbons (Fsp3) is 0.238. The maximum atomic E-state index is 12.0. The van der Waals surface area contributed by atoms with Gasteiger partial charge in [-0.1, -0.05) is 54.6 Å². The van der Waals surface area contributed by atoms with E-state index in [1.54, 1.807) is 6.08 Å². The summed E-state index contributed by atoms with van der Waals surface area (Å²) in [6.45, 7) is 1.31. The molecule has 0 aromatic heterocycles. The second-order valence-corrected chi connectivity index (χ2v) is 6.39. The quantitative estimate of drug-likeness (QED) is 0.615. The minimum Gasteiger partial charge on any atom is -0.350 e. The van der Waals surface area contributed by atoms with Crippen LogP contribution in [0.15, 0.2) is 60.7 Å². The fourth-order valence-corrected chi connectivity index (χ4v) is 2.50. The molecular weight excluding hydrogens is 326 g/mol. The maximum absolute atomic E-state index is 12.0. The molecule has 0 saturated heterocycles. The molecule has 0 saturated carbocycles. The SMILES string of the molecule is C[NH+](C)Cc1ccccc1CNC(=O)CNC(=O)/C=C/c1ccccc1. The first-order valence-corrected chi connectivity index (χ1v) is 8.68. The molecule has 2 rings (SSSR count). The number of hydrogen-bond donors (Lipinski definition) is 3. The van der Waals surface area contributed by atoms with Crippen molar-refractivity contribution in [3.05, 3.63) is 77.4 Å². The van der Waals surface area contributed by atoms with Crippen LogP contribution in [-0.2, 0) is 22.7 Å². The third-order valence-electron chi connectivity index (χ3n) is 3.79. The largest absolute Gasteiger partial charge is 0.350 e. The van der Waals surface area contributed by atoms with Crippen LogP contribution in [0.1, 0.15) is 16.7 Å². The first-order chi connectivity index (χ1) is 12.5. The van der Waals surface area contributed by atoms with E-state index in [4.69, 9.17) is 0 Å². The van der Waals surface area contributed by atoms with Gasteiger partial charge in [0, 0.05) is 18.2 Å². The molecule has 26 heavy (non-hydrogen) atoms. The summed E-state index contributed by atoms with van der Waals surface area (Å²) in [5, 5.41) is 5.45. The smallest absolute Gasteiger partial charge is 0.244 e. The molecule has 2 aromatic carbocycles. The molecule has 0 bridgehead atoms. The molecule has 5 heteroatoms. The third kappa shape index (κ3) is 6.91. The molecule has 0 heterocycles. The van der Waals surface area contributed by atoms with Gasteiger partial charge < -0.3 is 15.5 Å². The second-order valence-electron chi connectivity index (χ2n) is 6.39. The van der Waals surface area contributed by atoms with Gasteiger partial charge in [0.25, 0.3) is 0 Å². The highest BCUT2D eigenvalue weighted by Gasteiger charge is 2.07. The van der Waals surface area contributed by atoms with Crippen molar-refractivity contribution in [2.45, 2.75) is 13.1 Å². The zero-order chi connectivity index (χ0) is 18.8. The van der Waals surface area contributed by atoms with Crippen molar-refractivity contribution < 1.29 is 14.5 Å². The Morgan fingerprint density at radius 3 is 2.27 bits per heavy atom. The van der Waals surface area contributed by atoms with Crippen molar-refractivity contribution >= 4 is 17.9 Å². The molecule has 0 fully saturated rings. The van der Waals surface area contributed by atoms with Gasteiger partial charge in [-0.25, -0.2) is 0 Å². The molecule has 0 radical (unpaired) electrons. The molecule has 0 aliphatic carbocycles. The molecule has 2 amide bonds. The molecule has 2 aromatic rings. The minimum absolute atomic E-state index is 0.0426. The summed E-state index contributed by atoms with van der Waals surface area (Å²) in [5.74, 6) is -0.501. The number of rotatable bonds is 8. The zero-order valence-electron chi connectivity index (χ0n) is 15.3. The van der Waals surface area contributed by atoms with Crippen LogP contribution >= 0.6 is 0 Å². The van der Waals surface area contributed by atoms with E-state index in [0.717, 1.165) is 17.7 Å². The van der Waals surface area contributed by atoms with Crippen LogP contribution in [0.25, 0.3) is 6.08 Å². The third-order valence-corrected chi connectivity index (χ3v) is 3.79. The number of nitrogens with one attached hydrogen (secondary N) is 3. The Balaban J connectivity index is 1.77. The van der Waals surface area contributed by atoms with Crippen LogP contribution in [0, 0.1) is 0 Å². The average molecular weight is 352 g/mol.